The largest absolute Gasteiger partial charge is 0.496 e. The molecule has 1 aliphatic heterocycles. The number of amides is 1. The molecule has 1 heterocycles. The lowest BCUT2D eigenvalue weighted by Crippen LogP contribution is -2.35. The van der Waals surface area contributed by atoms with Gasteiger partial charge in [0.05, 0.1) is 26.9 Å². The van der Waals surface area contributed by atoms with Crippen LogP contribution in [0.15, 0.2) is 30.4 Å². The average molecular weight is 474 g/mol. The molecule has 0 radical (unpaired) electrons. The molecule has 34 heavy (non-hydrogen) atoms. The Labute approximate surface area is 207 Å². The third-order valence-electron chi connectivity index (χ3n) is 7.01. The summed E-state index contributed by atoms with van der Waals surface area (Å²) < 4.78 is 16.3. The van der Waals surface area contributed by atoms with Gasteiger partial charge < -0.3 is 19.1 Å². The van der Waals surface area contributed by atoms with E-state index in [4.69, 9.17) is 14.2 Å². The van der Waals surface area contributed by atoms with Gasteiger partial charge in [0.2, 0.25) is 5.91 Å². The van der Waals surface area contributed by atoms with Crippen LogP contribution in [-0.4, -0.2) is 51.3 Å². The number of hydrogen-bond donors (Lipinski definition) is 0. The van der Waals surface area contributed by atoms with E-state index >= 15 is 0 Å². The number of carbonyl (C=O) groups is 1. The molecule has 1 fully saturated rings. The van der Waals surface area contributed by atoms with Crippen LogP contribution in [-0.2, 0) is 27.3 Å². The molecule has 1 aromatic rings. The first-order chi connectivity index (χ1) is 16.4. The predicted molar refractivity (Wildman–Crippen MR) is 139 cm³/mol. The Balaban J connectivity index is 1.96. The molecule has 1 aliphatic rings. The van der Waals surface area contributed by atoms with Crippen molar-refractivity contribution in [2.75, 3.05) is 40.5 Å². The molecule has 0 spiro atoms. The van der Waals surface area contributed by atoms with Crippen LogP contribution in [0.25, 0.3) is 0 Å². The van der Waals surface area contributed by atoms with Crippen molar-refractivity contribution in [1.29, 1.82) is 0 Å². The van der Waals surface area contributed by atoms with Crippen LogP contribution in [0.3, 0.4) is 0 Å². The summed E-state index contributed by atoms with van der Waals surface area (Å²) in [5.74, 6) is 2.77. The van der Waals surface area contributed by atoms with Crippen molar-refractivity contribution in [3.8, 4) is 5.75 Å². The summed E-state index contributed by atoms with van der Waals surface area (Å²) >= 11 is 0. The lowest BCUT2D eigenvalue weighted by Gasteiger charge is -2.25. The summed E-state index contributed by atoms with van der Waals surface area (Å²) in [6.07, 6.45) is 9.71. The number of likely N-dealkylation sites (tertiary alicyclic amines) is 1. The lowest BCUT2D eigenvalue weighted by atomic mass is 9.85. The molecule has 5 nitrogen and oxygen atoms in total. The van der Waals surface area contributed by atoms with E-state index in [1.165, 1.54) is 5.56 Å². The second-order valence-electron chi connectivity index (χ2n) is 10.2. The van der Waals surface area contributed by atoms with Crippen molar-refractivity contribution < 1.29 is 19.0 Å². The van der Waals surface area contributed by atoms with Gasteiger partial charge in [-0.3, -0.25) is 4.79 Å². The fourth-order valence-corrected chi connectivity index (χ4v) is 4.63. The number of carbonyl (C=O) groups excluding carboxylic acids is 1. The minimum Gasteiger partial charge on any atom is -0.496 e. The average Bonchev–Trinajstić information content (AvgIpc) is 3.35. The molecule has 0 saturated carbocycles. The molecule has 1 saturated heterocycles. The highest BCUT2D eigenvalue weighted by molar-refractivity contribution is 5.79. The van der Waals surface area contributed by atoms with Gasteiger partial charge in [-0.2, -0.15) is 0 Å². The molecule has 1 aromatic carbocycles. The zero-order valence-corrected chi connectivity index (χ0v) is 22.3. The molecule has 192 valence electrons. The smallest absolute Gasteiger partial charge is 0.226 e. The van der Waals surface area contributed by atoms with Crippen molar-refractivity contribution in [3.05, 3.63) is 41.5 Å². The van der Waals surface area contributed by atoms with Crippen LogP contribution in [0.2, 0.25) is 0 Å². The molecular formula is C29H47NO4. The van der Waals surface area contributed by atoms with Crippen LogP contribution in [0, 0.1) is 23.7 Å². The third-order valence-corrected chi connectivity index (χ3v) is 7.01. The number of methoxy groups -OCH3 is 2. The van der Waals surface area contributed by atoms with Crippen molar-refractivity contribution in [2.45, 2.75) is 66.4 Å². The van der Waals surface area contributed by atoms with Crippen molar-refractivity contribution in [3.63, 3.8) is 0 Å². The number of allylic oxidation sites excluding steroid dienone is 2. The Hall–Kier alpha value is -1.85. The fraction of sp³-hybridized carbons (Fsp3) is 0.690. The predicted octanol–water partition coefficient (Wildman–Crippen LogP) is 5.90. The van der Waals surface area contributed by atoms with Gasteiger partial charge in [-0.1, -0.05) is 45.9 Å². The maximum Gasteiger partial charge on any atom is 0.226 e. The highest BCUT2D eigenvalue weighted by Crippen LogP contribution is 2.27. The van der Waals surface area contributed by atoms with E-state index in [1.54, 1.807) is 14.2 Å². The maximum absolute atomic E-state index is 12.9. The molecule has 2 rings (SSSR count). The molecule has 1 amide bonds. The number of rotatable bonds is 15. The van der Waals surface area contributed by atoms with E-state index in [2.05, 4.69) is 62.9 Å². The van der Waals surface area contributed by atoms with Crippen molar-refractivity contribution >= 4 is 5.91 Å². The second-order valence-corrected chi connectivity index (χ2v) is 10.2. The standard InChI is InChI=1S/C29H47NO4/c1-22(2)25(11-7-8-12-27(23(3)4)29(31)30-15-9-10-16-30)19-24-13-14-28(33-6)26(20-24)21-34-18-17-32-5/h7-8,13-14,20,22-23,25,27H,9-12,15-19,21H2,1-6H3/b8-7+. The first kappa shape index (κ1) is 28.4. The van der Waals surface area contributed by atoms with Gasteiger partial charge in [0.1, 0.15) is 5.75 Å². The minimum absolute atomic E-state index is 0.0918. The Bertz CT molecular complexity index is 752. The molecule has 0 N–H and O–H groups in total. The topological polar surface area (TPSA) is 48.0 Å². The zero-order chi connectivity index (χ0) is 24.9. The van der Waals surface area contributed by atoms with E-state index in [-0.39, 0.29) is 5.92 Å². The van der Waals surface area contributed by atoms with Crippen molar-refractivity contribution in [2.24, 2.45) is 23.7 Å². The van der Waals surface area contributed by atoms with Crippen LogP contribution < -0.4 is 4.74 Å². The normalized spacial score (nSPS) is 16.1. The van der Waals surface area contributed by atoms with Gasteiger partial charge in [-0.05, 0) is 67.6 Å². The van der Waals surface area contributed by atoms with E-state index in [0.717, 1.165) is 56.5 Å². The number of ether oxygens (including phenoxy) is 3. The molecular weight excluding hydrogens is 426 g/mol. The molecule has 0 aliphatic carbocycles. The molecule has 2 atom stereocenters. The SMILES string of the molecule is COCCOCc1cc(CC(C/C=C/CC(C(=O)N2CCCC2)C(C)C)C(C)C)ccc1OC. The Morgan fingerprint density at radius 2 is 1.71 bits per heavy atom. The van der Waals surface area contributed by atoms with Crippen LogP contribution in [0.4, 0.5) is 0 Å². The summed E-state index contributed by atoms with van der Waals surface area (Å²) in [4.78, 5) is 15.0. The Morgan fingerprint density at radius 3 is 2.32 bits per heavy atom. The van der Waals surface area contributed by atoms with Crippen LogP contribution >= 0.6 is 0 Å². The Morgan fingerprint density at radius 1 is 1.00 bits per heavy atom. The monoisotopic (exact) mass is 473 g/mol. The van der Waals surface area contributed by atoms with Gasteiger partial charge in [-0.25, -0.2) is 0 Å². The van der Waals surface area contributed by atoms with E-state index in [1.807, 2.05) is 0 Å². The van der Waals surface area contributed by atoms with Crippen LogP contribution in [0.1, 0.15) is 64.5 Å². The summed E-state index contributed by atoms with van der Waals surface area (Å²) in [5, 5.41) is 0. The highest BCUT2D eigenvalue weighted by Gasteiger charge is 2.27. The summed E-state index contributed by atoms with van der Waals surface area (Å²) in [7, 11) is 3.38. The van der Waals surface area contributed by atoms with Crippen molar-refractivity contribution in [1.82, 2.24) is 4.90 Å². The lowest BCUT2D eigenvalue weighted by molar-refractivity contribution is -0.135. The molecule has 0 aromatic heterocycles. The minimum atomic E-state index is 0.0918. The summed E-state index contributed by atoms with van der Waals surface area (Å²) in [6, 6.07) is 6.43. The highest BCUT2D eigenvalue weighted by atomic mass is 16.5. The third kappa shape index (κ3) is 9.07. The zero-order valence-electron chi connectivity index (χ0n) is 22.3. The molecule has 2 unspecified atom stereocenters. The molecule has 0 bridgehead atoms. The van der Waals surface area contributed by atoms with Gasteiger partial charge in [-0.15, -0.1) is 0 Å². The maximum atomic E-state index is 12.9. The summed E-state index contributed by atoms with van der Waals surface area (Å²) in [5.41, 5.74) is 2.39. The van der Waals surface area contributed by atoms with Gasteiger partial charge in [0.25, 0.3) is 0 Å². The fourth-order valence-electron chi connectivity index (χ4n) is 4.63. The molecule has 5 heteroatoms. The number of nitrogens with zero attached hydrogens (tertiary/aromatic N) is 1. The first-order valence-corrected chi connectivity index (χ1v) is 13.0. The van der Waals surface area contributed by atoms with Gasteiger partial charge >= 0.3 is 0 Å². The van der Waals surface area contributed by atoms with E-state index in [0.29, 0.717) is 43.5 Å². The van der Waals surface area contributed by atoms with E-state index in [9.17, 15) is 4.79 Å². The second kappa shape index (κ2) is 15.2. The van der Waals surface area contributed by atoms with Gasteiger partial charge in [0.15, 0.2) is 0 Å². The number of hydrogen-bond acceptors (Lipinski definition) is 4. The van der Waals surface area contributed by atoms with E-state index < -0.39 is 0 Å². The van der Waals surface area contributed by atoms with Crippen LogP contribution in [0.5, 0.6) is 5.75 Å². The first-order valence-electron chi connectivity index (χ1n) is 13.0. The number of benzene rings is 1. The summed E-state index contributed by atoms with van der Waals surface area (Å²) in [6.45, 7) is 12.5. The Kier molecular flexibility index (Phi) is 12.7. The van der Waals surface area contributed by atoms with Gasteiger partial charge in [0, 0.05) is 31.7 Å². The quantitative estimate of drug-likeness (QED) is 0.235.